The Morgan fingerprint density at radius 2 is 2.04 bits per heavy atom. The third kappa shape index (κ3) is 3.17. The average molecular weight is 421 g/mol. The molecule has 7 heteroatoms. The standard InChI is InChI=1S/C20H13BrN4O2/c1-12-17(9-14-5-3-7-22-19(14)23-12)20(27)25-10-15(11-26)18(24-25)13-4-2-6-16(21)8-13/h2-11H,1H3. The molecule has 0 atom stereocenters. The van der Waals surface area contributed by atoms with Crippen LogP contribution in [0.3, 0.4) is 0 Å². The SMILES string of the molecule is Cc1nc2ncccc2cc1C(=O)n1cc(C=O)c(-c2cccc(Br)c2)n1. The molecule has 0 amide bonds. The maximum Gasteiger partial charge on any atom is 0.280 e. The van der Waals surface area contributed by atoms with Crippen LogP contribution in [0.15, 0.2) is 59.3 Å². The maximum atomic E-state index is 13.0. The van der Waals surface area contributed by atoms with Crippen LogP contribution in [-0.4, -0.2) is 31.9 Å². The molecule has 0 radical (unpaired) electrons. The third-order valence-electron chi connectivity index (χ3n) is 4.19. The fourth-order valence-electron chi connectivity index (χ4n) is 2.87. The fraction of sp³-hybridized carbons (Fsp3) is 0.0500. The van der Waals surface area contributed by atoms with Gasteiger partial charge in [-0.2, -0.15) is 5.10 Å². The Kier molecular flexibility index (Phi) is 4.37. The van der Waals surface area contributed by atoms with E-state index in [0.717, 1.165) is 15.4 Å². The first kappa shape index (κ1) is 17.2. The molecule has 3 heterocycles. The van der Waals surface area contributed by atoms with E-state index in [2.05, 4.69) is 31.0 Å². The van der Waals surface area contributed by atoms with Gasteiger partial charge in [-0.05, 0) is 37.3 Å². The molecule has 0 saturated heterocycles. The number of nitrogens with zero attached hydrogens (tertiary/aromatic N) is 4. The van der Waals surface area contributed by atoms with Crippen LogP contribution >= 0.6 is 15.9 Å². The van der Waals surface area contributed by atoms with E-state index >= 15 is 0 Å². The van der Waals surface area contributed by atoms with Crippen molar-refractivity contribution in [1.82, 2.24) is 19.7 Å². The van der Waals surface area contributed by atoms with Crippen LogP contribution in [0, 0.1) is 6.92 Å². The predicted molar refractivity (Wildman–Crippen MR) is 105 cm³/mol. The fourth-order valence-corrected chi connectivity index (χ4v) is 3.27. The Morgan fingerprint density at radius 1 is 1.19 bits per heavy atom. The number of halogens is 1. The molecule has 27 heavy (non-hydrogen) atoms. The molecular weight excluding hydrogens is 408 g/mol. The zero-order valence-corrected chi connectivity index (χ0v) is 15.8. The zero-order valence-electron chi connectivity index (χ0n) is 14.3. The Hall–Kier alpha value is -3.19. The van der Waals surface area contributed by atoms with Gasteiger partial charge < -0.3 is 0 Å². The summed E-state index contributed by atoms with van der Waals surface area (Å²) in [6.07, 6.45) is 3.80. The van der Waals surface area contributed by atoms with Gasteiger partial charge in [0.1, 0.15) is 5.69 Å². The number of rotatable bonds is 3. The van der Waals surface area contributed by atoms with Gasteiger partial charge in [-0.1, -0.05) is 28.1 Å². The topological polar surface area (TPSA) is 77.7 Å². The van der Waals surface area contributed by atoms with E-state index in [-0.39, 0.29) is 5.91 Å². The lowest BCUT2D eigenvalue weighted by Crippen LogP contribution is -2.15. The van der Waals surface area contributed by atoms with Crippen molar-refractivity contribution in [2.75, 3.05) is 0 Å². The molecular formula is C20H13BrN4O2. The summed E-state index contributed by atoms with van der Waals surface area (Å²) in [4.78, 5) is 33.1. The summed E-state index contributed by atoms with van der Waals surface area (Å²) in [6.45, 7) is 1.75. The molecule has 0 N–H and O–H groups in total. The molecule has 0 unspecified atom stereocenters. The van der Waals surface area contributed by atoms with Crippen molar-refractivity contribution in [2.24, 2.45) is 0 Å². The smallest absolute Gasteiger partial charge is 0.280 e. The molecule has 132 valence electrons. The second-order valence-electron chi connectivity index (χ2n) is 5.98. The third-order valence-corrected chi connectivity index (χ3v) is 4.68. The second-order valence-corrected chi connectivity index (χ2v) is 6.90. The minimum atomic E-state index is -0.352. The molecule has 4 aromatic rings. The lowest BCUT2D eigenvalue weighted by atomic mass is 10.1. The lowest BCUT2D eigenvalue weighted by Gasteiger charge is -2.06. The molecule has 0 aliphatic carbocycles. The number of aldehydes is 1. The van der Waals surface area contributed by atoms with E-state index in [1.165, 1.54) is 10.9 Å². The van der Waals surface area contributed by atoms with Crippen molar-refractivity contribution in [3.05, 3.63) is 76.2 Å². The number of benzene rings is 1. The summed E-state index contributed by atoms with van der Waals surface area (Å²) in [5, 5.41) is 5.13. The minimum absolute atomic E-state index is 0.342. The van der Waals surface area contributed by atoms with Crippen LogP contribution in [0.5, 0.6) is 0 Å². The molecule has 0 saturated carbocycles. The summed E-state index contributed by atoms with van der Waals surface area (Å²) >= 11 is 3.41. The van der Waals surface area contributed by atoms with E-state index in [9.17, 15) is 9.59 Å². The number of carbonyl (C=O) groups is 2. The summed E-state index contributed by atoms with van der Waals surface area (Å²) in [5.74, 6) is -0.352. The summed E-state index contributed by atoms with van der Waals surface area (Å²) in [6, 6.07) is 12.8. The van der Waals surface area contributed by atoms with Crippen LogP contribution < -0.4 is 0 Å². The molecule has 3 aromatic heterocycles. The first-order chi connectivity index (χ1) is 13.1. The first-order valence-electron chi connectivity index (χ1n) is 8.14. The van der Waals surface area contributed by atoms with Crippen LogP contribution in [0.2, 0.25) is 0 Å². The normalized spacial score (nSPS) is 10.9. The van der Waals surface area contributed by atoms with Gasteiger partial charge >= 0.3 is 0 Å². The van der Waals surface area contributed by atoms with Gasteiger partial charge in [0.2, 0.25) is 0 Å². The summed E-state index contributed by atoms with van der Waals surface area (Å²) in [5.41, 5.74) is 3.09. The van der Waals surface area contributed by atoms with Crippen LogP contribution in [0.25, 0.3) is 22.3 Å². The molecule has 0 fully saturated rings. The summed E-state index contributed by atoms with van der Waals surface area (Å²) in [7, 11) is 0. The van der Waals surface area contributed by atoms with Gasteiger partial charge in [0, 0.05) is 27.8 Å². The van der Waals surface area contributed by atoms with E-state index in [0.29, 0.717) is 34.4 Å². The number of pyridine rings is 2. The van der Waals surface area contributed by atoms with E-state index in [4.69, 9.17) is 0 Å². The largest absolute Gasteiger partial charge is 0.298 e. The molecule has 0 aliphatic rings. The second kappa shape index (κ2) is 6.85. The van der Waals surface area contributed by atoms with Gasteiger partial charge in [0.15, 0.2) is 11.9 Å². The van der Waals surface area contributed by atoms with Crippen molar-refractivity contribution >= 4 is 39.2 Å². The molecule has 1 aromatic carbocycles. The highest BCUT2D eigenvalue weighted by molar-refractivity contribution is 9.10. The van der Waals surface area contributed by atoms with Crippen LogP contribution in [0.1, 0.15) is 26.4 Å². The number of fused-ring (bicyclic) bond motifs is 1. The summed E-state index contributed by atoms with van der Waals surface area (Å²) < 4.78 is 2.05. The first-order valence-corrected chi connectivity index (χ1v) is 8.94. The Labute approximate surface area is 163 Å². The lowest BCUT2D eigenvalue weighted by molar-refractivity contribution is 0.0944. The van der Waals surface area contributed by atoms with Gasteiger partial charge in [-0.15, -0.1) is 0 Å². The van der Waals surface area contributed by atoms with Crippen LogP contribution in [0.4, 0.5) is 0 Å². The number of hydrogen-bond donors (Lipinski definition) is 0. The van der Waals surface area contributed by atoms with Gasteiger partial charge in [-0.25, -0.2) is 14.6 Å². The van der Waals surface area contributed by atoms with E-state index in [1.807, 2.05) is 30.3 Å². The van der Waals surface area contributed by atoms with Gasteiger partial charge in [0.25, 0.3) is 5.91 Å². The molecule has 0 spiro atoms. The minimum Gasteiger partial charge on any atom is -0.298 e. The van der Waals surface area contributed by atoms with Crippen molar-refractivity contribution < 1.29 is 9.59 Å². The quantitative estimate of drug-likeness (QED) is 0.466. The number of aromatic nitrogens is 4. The van der Waals surface area contributed by atoms with Crippen molar-refractivity contribution in [3.8, 4) is 11.3 Å². The highest BCUT2D eigenvalue weighted by Gasteiger charge is 2.19. The van der Waals surface area contributed by atoms with Gasteiger partial charge in [-0.3, -0.25) is 9.59 Å². The van der Waals surface area contributed by atoms with Crippen LogP contribution in [-0.2, 0) is 0 Å². The maximum absolute atomic E-state index is 13.0. The molecule has 0 bridgehead atoms. The van der Waals surface area contributed by atoms with Gasteiger partial charge in [0.05, 0.1) is 16.8 Å². The van der Waals surface area contributed by atoms with E-state index < -0.39 is 0 Å². The molecule has 6 nitrogen and oxygen atoms in total. The Bertz CT molecular complexity index is 1200. The van der Waals surface area contributed by atoms with Crippen molar-refractivity contribution in [3.63, 3.8) is 0 Å². The highest BCUT2D eigenvalue weighted by atomic mass is 79.9. The monoisotopic (exact) mass is 420 g/mol. The highest BCUT2D eigenvalue weighted by Crippen LogP contribution is 2.25. The number of aryl methyl sites for hydroxylation is 1. The van der Waals surface area contributed by atoms with E-state index in [1.54, 1.807) is 25.3 Å². The number of hydrogen-bond acceptors (Lipinski definition) is 5. The van der Waals surface area contributed by atoms with Crippen molar-refractivity contribution in [2.45, 2.75) is 6.92 Å². The molecule has 0 aliphatic heterocycles. The molecule has 4 rings (SSSR count). The average Bonchev–Trinajstić information content (AvgIpc) is 3.11. The predicted octanol–water partition coefficient (Wildman–Crippen LogP) is 4.07. The van der Waals surface area contributed by atoms with Crippen molar-refractivity contribution in [1.29, 1.82) is 0 Å². The zero-order chi connectivity index (χ0) is 19.0. The Morgan fingerprint density at radius 3 is 2.81 bits per heavy atom. The Balaban J connectivity index is 1.81. The number of carbonyl (C=O) groups excluding carboxylic acids is 2.